The fourth-order valence-corrected chi connectivity index (χ4v) is 3.87. The summed E-state index contributed by atoms with van der Waals surface area (Å²) in [7, 11) is 0. The Kier molecular flexibility index (Phi) is 4.07. The van der Waals surface area contributed by atoms with Gasteiger partial charge in [0.1, 0.15) is 4.83 Å². The molecule has 0 atom stereocenters. The highest BCUT2D eigenvalue weighted by molar-refractivity contribution is 7.20. The maximum atomic E-state index is 12.5. The molecule has 0 aliphatic carbocycles. The van der Waals surface area contributed by atoms with Gasteiger partial charge in [-0.3, -0.25) is 4.79 Å². The molecule has 0 aliphatic rings. The van der Waals surface area contributed by atoms with Gasteiger partial charge in [0.05, 0.1) is 16.3 Å². The van der Waals surface area contributed by atoms with Crippen molar-refractivity contribution in [2.24, 2.45) is 0 Å². The number of benzene rings is 2. The van der Waals surface area contributed by atoms with Crippen molar-refractivity contribution in [3.63, 3.8) is 0 Å². The molecule has 5 heteroatoms. The fraction of sp³-hybridized carbons (Fsp3) is 0.100. The lowest BCUT2D eigenvalue weighted by Gasteiger charge is -2.03. The van der Waals surface area contributed by atoms with Gasteiger partial charge in [-0.25, -0.2) is 4.68 Å². The van der Waals surface area contributed by atoms with Gasteiger partial charge < -0.3 is 5.32 Å². The van der Waals surface area contributed by atoms with Crippen molar-refractivity contribution in [3.05, 3.63) is 82.9 Å². The van der Waals surface area contributed by atoms with Crippen LogP contribution in [0.25, 0.3) is 15.9 Å². The number of carbonyl (C=O) groups excluding carboxylic acids is 1. The second-order valence-electron chi connectivity index (χ2n) is 5.83. The average Bonchev–Trinajstić information content (AvgIpc) is 3.22. The van der Waals surface area contributed by atoms with Crippen molar-refractivity contribution in [1.29, 1.82) is 0 Å². The summed E-state index contributed by atoms with van der Waals surface area (Å²) in [5.41, 5.74) is 3.01. The van der Waals surface area contributed by atoms with E-state index in [1.807, 2.05) is 78.3 Å². The molecular formula is C20H17N3OS. The zero-order chi connectivity index (χ0) is 17.2. The van der Waals surface area contributed by atoms with Crippen LogP contribution >= 0.6 is 11.3 Å². The van der Waals surface area contributed by atoms with Gasteiger partial charge in [0.25, 0.3) is 5.91 Å². The molecule has 124 valence electrons. The summed E-state index contributed by atoms with van der Waals surface area (Å²) in [6, 6.07) is 21.8. The molecule has 2 aromatic carbocycles. The van der Waals surface area contributed by atoms with Gasteiger partial charge >= 0.3 is 0 Å². The van der Waals surface area contributed by atoms with E-state index in [1.54, 1.807) is 0 Å². The summed E-state index contributed by atoms with van der Waals surface area (Å²) in [4.78, 5) is 14.2. The first-order valence-corrected chi connectivity index (χ1v) is 8.91. The van der Waals surface area contributed by atoms with Crippen LogP contribution in [0, 0.1) is 6.92 Å². The Morgan fingerprint density at radius 1 is 1.08 bits per heavy atom. The number of fused-ring (bicyclic) bond motifs is 1. The molecule has 0 aliphatic heterocycles. The second kappa shape index (κ2) is 6.53. The van der Waals surface area contributed by atoms with Crippen LogP contribution in [-0.4, -0.2) is 15.7 Å². The van der Waals surface area contributed by atoms with Gasteiger partial charge in [-0.2, -0.15) is 5.10 Å². The van der Waals surface area contributed by atoms with Crippen molar-refractivity contribution in [2.45, 2.75) is 13.5 Å². The molecule has 2 heterocycles. The van der Waals surface area contributed by atoms with E-state index in [0.29, 0.717) is 11.4 Å². The monoisotopic (exact) mass is 347 g/mol. The van der Waals surface area contributed by atoms with Gasteiger partial charge in [0, 0.05) is 11.9 Å². The number of rotatable bonds is 4. The van der Waals surface area contributed by atoms with Crippen molar-refractivity contribution >= 4 is 27.5 Å². The molecule has 0 radical (unpaired) electrons. The number of hydrogen-bond donors (Lipinski definition) is 1. The molecule has 0 saturated heterocycles. The topological polar surface area (TPSA) is 46.9 Å². The van der Waals surface area contributed by atoms with E-state index in [9.17, 15) is 4.79 Å². The van der Waals surface area contributed by atoms with Crippen LogP contribution < -0.4 is 5.32 Å². The lowest BCUT2D eigenvalue weighted by molar-refractivity contribution is 0.0955. The maximum absolute atomic E-state index is 12.5. The van der Waals surface area contributed by atoms with Crippen molar-refractivity contribution in [3.8, 4) is 5.69 Å². The zero-order valence-corrected chi connectivity index (χ0v) is 14.6. The van der Waals surface area contributed by atoms with Gasteiger partial charge in [-0.15, -0.1) is 11.3 Å². The normalized spacial score (nSPS) is 10.9. The lowest BCUT2D eigenvalue weighted by Crippen LogP contribution is -2.21. The average molecular weight is 347 g/mol. The first kappa shape index (κ1) is 15.6. The molecule has 0 fully saturated rings. The molecule has 0 bridgehead atoms. The van der Waals surface area contributed by atoms with E-state index >= 15 is 0 Å². The Labute approximate surface area is 149 Å². The summed E-state index contributed by atoms with van der Waals surface area (Å²) in [6.07, 6.45) is 0. The third-order valence-electron chi connectivity index (χ3n) is 4.07. The van der Waals surface area contributed by atoms with E-state index in [1.165, 1.54) is 11.3 Å². The van der Waals surface area contributed by atoms with Crippen LogP contribution in [0.1, 0.15) is 20.9 Å². The van der Waals surface area contributed by atoms with Crippen LogP contribution in [0.2, 0.25) is 0 Å². The Balaban J connectivity index is 1.62. The van der Waals surface area contributed by atoms with E-state index in [0.717, 1.165) is 27.2 Å². The molecule has 0 saturated carbocycles. The minimum absolute atomic E-state index is 0.0518. The number of nitrogens with one attached hydrogen (secondary N) is 1. The van der Waals surface area contributed by atoms with Crippen molar-refractivity contribution in [2.75, 3.05) is 0 Å². The third-order valence-corrected chi connectivity index (χ3v) is 5.17. The van der Waals surface area contributed by atoms with E-state index < -0.39 is 0 Å². The number of aromatic nitrogens is 2. The van der Waals surface area contributed by atoms with Crippen LogP contribution in [-0.2, 0) is 6.54 Å². The van der Waals surface area contributed by atoms with E-state index in [4.69, 9.17) is 0 Å². The minimum atomic E-state index is -0.0518. The van der Waals surface area contributed by atoms with Gasteiger partial charge in [-0.1, -0.05) is 48.5 Å². The van der Waals surface area contributed by atoms with Gasteiger partial charge in [-0.05, 0) is 30.7 Å². The van der Waals surface area contributed by atoms with Crippen LogP contribution in [0.5, 0.6) is 0 Å². The summed E-state index contributed by atoms with van der Waals surface area (Å²) >= 11 is 1.47. The number of amides is 1. The van der Waals surface area contributed by atoms with Crippen molar-refractivity contribution < 1.29 is 4.79 Å². The standard InChI is InChI=1S/C20H17N3OS/c1-14-17-12-18(19(24)21-13-15-8-4-2-5-9-15)25-20(17)23(22-14)16-10-6-3-7-11-16/h2-12H,13H2,1H3,(H,21,24). The molecular weight excluding hydrogens is 330 g/mol. The lowest BCUT2D eigenvalue weighted by atomic mass is 10.2. The highest BCUT2D eigenvalue weighted by Gasteiger charge is 2.16. The molecule has 1 amide bonds. The Bertz CT molecular complexity index is 1020. The number of nitrogens with zero attached hydrogens (tertiary/aromatic N) is 2. The number of para-hydroxylation sites is 1. The molecule has 25 heavy (non-hydrogen) atoms. The summed E-state index contributed by atoms with van der Waals surface area (Å²) < 4.78 is 1.91. The number of carbonyl (C=O) groups is 1. The summed E-state index contributed by atoms with van der Waals surface area (Å²) in [5.74, 6) is -0.0518. The predicted octanol–water partition coefficient (Wildman–Crippen LogP) is 4.33. The Morgan fingerprint density at radius 3 is 2.48 bits per heavy atom. The highest BCUT2D eigenvalue weighted by atomic mass is 32.1. The van der Waals surface area contributed by atoms with E-state index in [2.05, 4.69) is 10.4 Å². The summed E-state index contributed by atoms with van der Waals surface area (Å²) in [5, 5.41) is 8.62. The molecule has 0 spiro atoms. The Morgan fingerprint density at radius 2 is 1.76 bits per heavy atom. The first-order chi connectivity index (χ1) is 12.2. The van der Waals surface area contributed by atoms with Crippen LogP contribution in [0.3, 0.4) is 0 Å². The SMILES string of the molecule is Cc1nn(-c2ccccc2)c2sc(C(=O)NCc3ccccc3)cc12. The van der Waals surface area contributed by atoms with Gasteiger partial charge in [0.15, 0.2) is 0 Å². The quantitative estimate of drug-likeness (QED) is 0.597. The smallest absolute Gasteiger partial charge is 0.261 e. The Hall–Kier alpha value is -2.92. The van der Waals surface area contributed by atoms with Crippen LogP contribution in [0.15, 0.2) is 66.7 Å². The molecule has 4 aromatic rings. The van der Waals surface area contributed by atoms with Gasteiger partial charge in [0.2, 0.25) is 0 Å². The highest BCUT2D eigenvalue weighted by Crippen LogP contribution is 2.30. The molecule has 4 rings (SSSR count). The minimum Gasteiger partial charge on any atom is -0.347 e. The molecule has 1 N–H and O–H groups in total. The zero-order valence-electron chi connectivity index (χ0n) is 13.8. The number of aryl methyl sites for hydroxylation is 1. The largest absolute Gasteiger partial charge is 0.347 e. The number of thiophene rings is 1. The van der Waals surface area contributed by atoms with Crippen LogP contribution in [0.4, 0.5) is 0 Å². The van der Waals surface area contributed by atoms with E-state index in [-0.39, 0.29) is 5.91 Å². The second-order valence-corrected chi connectivity index (χ2v) is 6.86. The molecule has 0 unspecified atom stereocenters. The first-order valence-electron chi connectivity index (χ1n) is 8.09. The molecule has 4 nitrogen and oxygen atoms in total. The summed E-state index contributed by atoms with van der Waals surface area (Å²) in [6.45, 7) is 2.50. The third kappa shape index (κ3) is 3.06. The van der Waals surface area contributed by atoms with Crippen molar-refractivity contribution in [1.82, 2.24) is 15.1 Å². The molecule has 2 aromatic heterocycles. The number of hydrogen-bond acceptors (Lipinski definition) is 3. The maximum Gasteiger partial charge on any atom is 0.261 e. The fourth-order valence-electron chi connectivity index (χ4n) is 2.77. The predicted molar refractivity (Wildman–Crippen MR) is 101 cm³/mol.